The van der Waals surface area contributed by atoms with E-state index in [0.717, 1.165) is 11.9 Å². The zero-order chi connectivity index (χ0) is 22.2. The van der Waals surface area contributed by atoms with Crippen LogP contribution in [-0.4, -0.2) is 73.5 Å². The molecule has 1 aliphatic rings. The van der Waals surface area contributed by atoms with Crippen molar-refractivity contribution in [3.63, 3.8) is 0 Å². The molecule has 164 valence electrons. The summed E-state index contributed by atoms with van der Waals surface area (Å²) in [6, 6.07) is 7.29. The van der Waals surface area contributed by atoms with Crippen molar-refractivity contribution < 1.29 is 17.9 Å². The largest absolute Gasteiger partial charge is 0.495 e. The van der Waals surface area contributed by atoms with E-state index in [2.05, 4.69) is 15.0 Å². The molecule has 9 nitrogen and oxygen atoms in total. The molecule has 0 saturated carbocycles. The van der Waals surface area contributed by atoms with Gasteiger partial charge in [0.25, 0.3) is 0 Å². The fraction of sp³-hybridized carbons (Fsp3) is 0.350. The number of fused-ring (bicyclic) bond motifs is 1. The first-order valence-corrected chi connectivity index (χ1v) is 11.9. The third-order valence-corrected chi connectivity index (χ3v) is 6.64. The summed E-state index contributed by atoms with van der Waals surface area (Å²) in [6.07, 6.45) is 3.96. The number of ether oxygens (including phenoxy) is 1. The van der Waals surface area contributed by atoms with Crippen LogP contribution in [0.5, 0.6) is 5.75 Å². The highest BCUT2D eigenvalue weighted by Crippen LogP contribution is 2.30. The number of anilines is 1. The van der Waals surface area contributed by atoms with Gasteiger partial charge in [0.15, 0.2) is 14.9 Å². The van der Waals surface area contributed by atoms with Gasteiger partial charge in [-0.3, -0.25) is 9.48 Å². The van der Waals surface area contributed by atoms with Gasteiger partial charge in [0.05, 0.1) is 29.2 Å². The van der Waals surface area contributed by atoms with Crippen molar-refractivity contribution in [2.75, 3.05) is 44.4 Å². The molecule has 1 saturated heterocycles. The van der Waals surface area contributed by atoms with Gasteiger partial charge in [-0.15, -0.1) is 0 Å². The zero-order valence-corrected chi connectivity index (χ0v) is 18.7. The van der Waals surface area contributed by atoms with E-state index in [-0.39, 0.29) is 17.5 Å². The third kappa shape index (κ3) is 4.31. The van der Waals surface area contributed by atoms with Crippen molar-refractivity contribution >= 4 is 43.9 Å². The molecule has 0 aliphatic carbocycles. The lowest BCUT2D eigenvalue weighted by Gasteiger charge is -2.36. The number of pyridine rings is 1. The van der Waals surface area contributed by atoms with E-state index in [1.54, 1.807) is 24.1 Å². The molecule has 1 aliphatic heterocycles. The van der Waals surface area contributed by atoms with Crippen LogP contribution in [-0.2, 0) is 21.2 Å². The van der Waals surface area contributed by atoms with Gasteiger partial charge in [-0.05, 0) is 18.2 Å². The Morgan fingerprint density at radius 2 is 1.94 bits per heavy atom. The number of carbonyl (C=O) groups is 1. The van der Waals surface area contributed by atoms with E-state index in [1.165, 1.54) is 17.1 Å². The van der Waals surface area contributed by atoms with Crippen LogP contribution in [0.15, 0.2) is 41.7 Å². The van der Waals surface area contributed by atoms with Crippen LogP contribution >= 0.6 is 11.6 Å². The number of piperazine rings is 1. The molecular weight excluding hydrogens is 442 g/mol. The van der Waals surface area contributed by atoms with Gasteiger partial charge >= 0.3 is 0 Å². The van der Waals surface area contributed by atoms with Crippen LogP contribution in [0.1, 0.15) is 0 Å². The Bertz CT molecular complexity index is 1240. The number of benzene rings is 1. The molecule has 11 heteroatoms. The van der Waals surface area contributed by atoms with Crippen LogP contribution in [0, 0.1) is 0 Å². The van der Waals surface area contributed by atoms with E-state index in [0.29, 0.717) is 47.9 Å². The van der Waals surface area contributed by atoms with Crippen molar-refractivity contribution in [2.45, 2.75) is 11.6 Å². The molecule has 0 spiro atoms. The zero-order valence-electron chi connectivity index (χ0n) is 17.2. The van der Waals surface area contributed by atoms with Gasteiger partial charge < -0.3 is 14.5 Å². The first-order valence-electron chi connectivity index (χ1n) is 9.65. The number of hydrogen-bond acceptors (Lipinski definition) is 7. The number of hydrogen-bond donors (Lipinski definition) is 0. The van der Waals surface area contributed by atoms with Crippen LogP contribution < -0.4 is 9.64 Å². The maximum absolute atomic E-state index is 12.9. The normalized spacial score (nSPS) is 14.8. The fourth-order valence-electron chi connectivity index (χ4n) is 3.69. The van der Waals surface area contributed by atoms with E-state index in [1.807, 2.05) is 12.1 Å². The van der Waals surface area contributed by atoms with E-state index in [9.17, 15) is 13.2 Å². The van der Waals surface area contributed by atoms with Crippen molar-refractivity contribution in [2.24, 2.45) is 0 Å². The summed E-state index contributed by atoms with van der Waals surface area (Å²) in [5.74, 6) is 0.544. The fourth-order valence-corrected chi connectivity index (χ4v) is 4.69. The second-order valence-electron chi connectivity index (χ2n) is 7.31. The number of halogens is 1. The molecule has 3 heterocycles. The average Bonchev–Trinajstić information content (AvgIpc) is 3.16. The quantitative estimate of drug-likeness (QED) is 0.569. The Balaban J connectivity index is 1.44. The van der Waals surface area contributed by atoms with Gasteiger partial charge in [0.1, 0.15) is 12.3 Å². The van der Waals surface area contributed by atoms with Gasteiger partial charge in [0.2, 0.25) is 5.91 Å². The van der Waals surface area contributed by atoms with Crippen molar-refractivity contribution in [1.29, 1.82) is 0 Å². The monoisotopic (exact) mass is 463 g/mol. The molecule has 0 bridgehead atoms. The molecule has 31 heavy (non-hydrogen) atoms. The van der Waals surface area contributed by atoms with Gasteiger partial charge in [-0.25, -0.2) is 13.4 Å². The van der Waals surface area contributed by atoms with E-state index in [4.69, 9.17) is 16.3 Å². The molecule has 1 aromatic carbocycles. The SMILES string of the molecule is COc1cc(N2CCN(C(=O)Cn3ncc4c(S(C)(=O)=O)nccc43)CC2)ccc1Cl. The van der Waals surface area contributed by atoms with Crippen LogP contribution in [0.25, 0.3) is 10.9 Å². The van der Waals surface area contributed by atoms with Crippen LogP contribution in [0.3, 0.4) is 0 Å². The number of rotatable bonds is 5. The van der Waals surface area contributed by atoms with Crippen LogP contribution in [0.2, 0.25) is 5.02 Å². The first kappa shape index (κ1) is 21.4. The maximum atomic E-state index is 12.9. The minimum absolute atomic E-state index is 0.0318. The molecule has 0 N–H and O–H groups in total. The summed E-state index contributed by atoms with van der Waals surface area (Å²) in [4.78, 5) is 20.8. The predicted octanol–water partition coefficient (Wildman–Crippen LogP) is 1.85. The van der Waals surface area contributed by atoms with Gasteiger partial charge in [-0.1, -0.05) is 11.6 Å². The summed E-state index contributed by atoms with van der Waals surface area (Å²) >= 11 is 6.10. The lowest BCUT2D eigenvalue weighted by atomic mass is 10.2. The van der Waals surface area contributed by atoms with E-state index < -0.39 is 9.84 Å². The number of aromatic nitrogens is 3. The molecule has 3 aromatic rings. The van der Waals surface area contributed by atoms with Crippen LogP contribution in [0.4, 0.5) is 5.69 Å². The Morgan fingerprint density at radius 1 is 1.19 bits per heavy atom. The second-order valence-corrected chi connectivity index (χ2v) is 9.65. The van der Waals surface area contributed by atoms with Crippen molar-refractivity contribution in [3.05, 3.63) is 41.7 Å². The Kier molecular flexibility index (Phi) is 5.76. The Labute approximate surface area is 185 Å². The third-order valence-electron chi connectivity index (χ3n) is 5.30. The highest BCUT2D eigenvalue weighted by molar-refractivity contribution is 7.90. The second kappa shape index (κ2) is 8.35. The number of carbonyl (C=O) groups excluding carboxylic acids is 1. The number of sulfone groups is 1. The predicted molar refractivity (Wildman–Crippen MR) is 117 cm³/mol. The molecule has 0 radical (unpaired) electrons. The molecular formula is C20H22ClN5O4S. The number of nitrogens with zero attached hydrogens (tertiary/aromatic N) is 5. The summed E-state index contributed by atoms with van der Waals surface area (Å²) in [7, 11) is -1.91. The number of methoxy groups -OCH3 is 1. The first-order chi connectivity index (χ1) is 14.8. The molecule has 0 unspecified atom stereocenters. The minimum atomic E-state index is -3.49. The molecule has 1 amide bonds. The molecule has 4 rings (SSSR count). The van der Waals surface area contributed by atoms with Crippen molar-refractivity contribution in [3.8, 4) is 5.75 Å². The van der Waals surface area contributed by atoms with E-state index >= 15 is 0 Å². The smallest absolute Gasteiger partial charge is 0.244 e. The van der Waals surface area contributed by atoms with Crippen molar-refractivity contribution in [1.82, 2.24) is 19.7 Å². The summed E-state index contributed by atoms with van der Waals surface area (Å²) in [5.41, 5.74) is 1.56. The maximum Gasteiger partial charge on any atom is 0.244 e. The van der Waals surface area contributed by atoms with Gasteiger partial charge in [-0.2, -0.15) is 5.10 Å². The Morgan fingerprint density at radius 3 is 2.61 bits per heavy atom. The molecule has 2 aromatic heterocycles. The summed E-state index contributed by atoms with van der Waals surface area (Å²) in [5, 5.41) is 5.16. The number of amides is 1. The molecule has 1 fully saturated rings. The topological polar surface area (TPSA) is 97.6 Å². The summed E-state index contributed by atoms with van der Waals surface area (Å²) < 4.78 is 30.7. The molecule has 0 atom stereocenters. The Hall–Kier alpha value is -2.85. The highest BCUT2D eigenvalue weighted by atomic mass is 35.5. The summed E-state index contributed by atoms with van der Waals surface area (Å²) in [6.45, 7) is 2.53. The standard InChI is InChI=1S/C20H22ClN5O4S/c1-30-18-11-14(3-4-16(18)21)24-7-9-25(10-8-24)19(27)13-26-17-5-6-22-20(31(2,28)29)15(17)12-23-26/h3-6,11-12H,7-10,13H2,1-2H3. The van der Waals surface area contributed by atoms with Gasteiger partial charge in [0, 0.05) is 50.4 Å². The highest BCUT2D eigenvalue weighted by Gasteiger charge is 2.23. The average molecular weight is 464 g/mol. The lowest BCUT2D eigenvalue weighted by Crippen LogP contribution is -2.49. The minimum Gasteiger partial charge on any atom is -0.495 e. The lowest BCUT2D eigenvalue weighted by molar-refractivity contribution is -0.132.